The van der Waals surface area contributed by atoms with Gasteiger partial charge in [-0.15, -0.1) is 0 Å². The lowest BCUT2D eigenvalue weighted by atomic mass is 9.56. The van der Waals surface area contributed by atoms with Gasteiger partial charge in [0.2, 0.25) is 0 Å². The van der Waals surface area contributed by atoms with Gasteiger partial charge in [-0.05, 0) is 62.9 Å². The Morgan fingerprint density at radius 2 is 2.16 bits per heavy atom. The number of benzene rings is 1. The van der Waals surface area contributed by atoms with Crippen LogP contribution in [0, 0.1) is 5.92 Å². The van der Waals surface area contributed by atoms with E-state index in [2.05, 4.69) is 24.9 Å². The maximum Gasteiger partial charge on any atom is 0.272 e. The molecule has 1 aliphatic carbocycles. The molecule has 0 amide bonds. The molecule has 3 rings (SSSR count). The minimum atomic E-state index is -0.117. The maximum absolute atomic E-state index is 10.9. The van der Waals surface area contributed by atoms with Crippen LogP contribution < -0.4 is 4.74 Å². The molecule has 1 saturated heterocycles. The molecule has 3 unspecified atom stereocenters. The zero-order chi connectivity index (χ0) is 18.2. The third-order valence-corrected chi connectivity index (χ3v) is 6.42. The summed E-state index contributed by atoms with van der Waals surface area (Å²) >= 11 is 0. The van der Waals surface area contributed by atoms with Gasteiger partial charge in [0.15, 0.2) is 11.5 Å². The Morgan fingerprint density at radius 3 is 2.84 bits per heavy atom. The van der Waals surface area contributed by atoms with Gasteiger partial charge in [0, 0.05) is 17.0 Å². The second-order valence-electron chi connectivity index (χ2n) is 7.38. The monoisotopic (exact) mass is 347 g/mol. The summed E-state index contributed by atoms with van der Waals surface area (Å²) in [4.78, 5) is 2.44. The van der Waals surface area contributed by atoms with Gasteiger partial charge >= 0.3 is 0 Å². The first-order chi connectivity index (χ1) is 11.9. The van der Waals surface area contributed by atoms with Crippen molar-refractivity contribution < 1.29 is 19.7 Å². The normalized spacial score (nSPS) is 29.2. The number of likely N-dealkylation sites (N-methyl/N-ethyl adjacent to an activating group) is 1. The third-order valence-electron chi connectivity index (χ3n) is 6.42. The number of phenolic OH excluding ortho intramolecular Hbond substituents is 1. The number of aliphatic hydroxyl groups excluding tert-OH is 1. The number of piperidine rings is 1. The van der Waals surface area contributed by atoms with Gasteiger partial charge in [-0.1, -0.05) is 13.0 Å². The molecule has 1 aromatic rings. The summed E-state index contributed by atoms with van der Waals surface area (Å²) in [6, 6.07) is 4.43. The highest BCUT2D eigenvalue weighted by Gasteiger charge is 2.51. The molecule has 5 nitrogen and oxygen atoms in total. The first-order valence-corrected chi connectivity index (χ1v) is 8.97. The van der Waals surface area contributed by atoms with Crippen LogP contribution in [0.1, 0.15) is 37.3 Å². The summed E-state index contributed by atoms with van der Waals surface area (Å²) in [5.41, 5.74) is 2.15. The Balaban J connectivity index is 2.07. The van der Waals surface area contributed by atoms with Crippen molar-refractivity contribution >= 4 is 0 Å². The van der Waals surface area contributed by atoms with E-state index in [1.54, 1.807) is 13.2 Å². The van der Waals surface area contributed by atoms with E-state index in [0.717, 1.165) is 31.4 Å². The first-order valence-electron chi connectivity index (χ1n) is 8.97. The van der Waals surface area contributed by atoms with Crippen LogP contribution >= 0.6 is 0 Å². The standard InChI is InChI=1S/C20H29NO4/c1-13-15-12-14-7-8-16(24-3)19(23)18(14)20(13,10-11-21(15)2)9-5-6-17(22)25-4/h6-8,13,15,22-23H,5,9-12H2,1-4H3/b17-6+. The number of hydrogen-bond acceptors (Lipinski definition) is 5. The number of fused-ring (bicyclic) bond motifs is 4. The highest BCUT2D eigenvalue weighted by molar-refractivity contribution is 5.56. The quantitative estimate of drug-likeness (QED) is 0.800. The highest BCUT2D eigenvalue weighted by atomic mass is 16.6. The number of rotatable bonds is 5. The number of aliphatic hydroxyl groups is 1. The van der Waals surface area contributed by atoms with Gasteiger partial charge in [-0.3, -0.25) is 0 Å². The second-order valence-corrected chi connectivity index (χ2v) is 7.38. The predicted molar refractivity (Wildman–Crippen MR) is 97.2 cm³/mol. The summed E-state index contributed by atoms with van der Waals surface area (Å²) in [5, 5.41) is 20.5. The average Bonchev–Trinajstić information content (AvgIpc) is 2.60. The Labute approximate surface area is 149 Å². The van der Waals surface area contributed by atoms with Crippen molar-refractivity contribution in [3.05, 3.63) is 35.3 Å². The zero-order valence-electron chi connectivity index (χ0n) is 15.6. The van der Waals surface area contributed by atoms with Crippen molar-refractivity contribution in [3.63, 3.8) is 0 Å². The average molecular weight is 347 g/mol. The van der Waals surface area contributed by atoms with Crippen LogP contribution in [0.25, 0.3) is 0 Å². The molecular formula is C20H29NO4. The molecule has 0 spiro atoms. The fourth-order valence-corrected chi connectivity index (χ4v) is 4.95. The Hall–Kier alpha value is -1.88. The van der Waals surface area contributed by atoms with Crippen LogP contribution in [0.15, 0.2) is 24.2 Å². The number of nitrogens with zero attached hydrogens (tertiary/aromatic N) is 1. The van der Waals surface area contributed by atoms with Crippen molar-refractivity contribution in [1.82, 2.24) is 4.90 Å². The topological polar surface area (TPSA) is 62.2 Å². The molecular weight excluding hydrogens is 318 g/mol. The SMILES string of the molecule is CO/C(O)=C/CCC12CCN(C)C(Cc3ccc(OC)c(O)c31)C2C. The highest BCUT2D eigenvalue weighted by Crippen LogP contribution is 2.55. The van der Waals surface area contributed by atoms with E-state index in [4.69, 9.17) is 9.47 Å². The number of methoxy groups -OCH3 is 2. The zero-order valence-corrected chi connectivity index (χ0v) is 15.6. The predicted octanol–water partition coefficient (Wildman–Crippen LogP) is 3.36. The van der Waals surface area contributed by atoms with Crippen molar-refractivity contribution in [3.8, 4) is 11.5 Å². The maximum atomic E-state index is 10.9. The van der Waals surface area contributed by atoms with Crippen molar-refractivity contribution in [2.45, 2.75) is 44.1 Å². The van der Waals surface area contributed by atoms with Crippen LogP contribution in [-0.2, 0) is 16.6 Å². The summed E-state index contributed by atoms with van der Waals surface area (Å²) in [6.07, 6.45) is 5.22. The van der Waals surface area contributed by atoms with Gasteiger partial charge in [-0.2, -0.15) is 0 Å². The Morgan fingerprint density at radius 1 is 1.40 bits per heavy atom. The van der Waals surface area contributed by atoms with Crippen molar-refractivity contribution in [1.29, 1.82) is 0 Å². The molecule has 25 heavy (non-hydrogen) atoms. The van der Waals surface area contributed by atoms with E-state index in [-0.39, 0.29) is 17.1 Å². The minimum absolute atomic E-state index is 0.0422. The molecule has 1 heterocycles. The Kier molecular flexibility index (Phi) is 4.87. The summed E-state index contributed by atoms with van der Waals surface area (Å²) < 4.78 is 10.2. The molecule has 2 bridgehead atoms. The number of ether oxygens (including phenoxy) is 2. The fraction of sp³-hybridized carbons (Fsp3) is 0.600. The molecule has 1 fully saturated rings. The van der Waals surface area contributed by atoms with E-state index in [9.17, 15) is 10.2 Å². The van der Waals surface area contributed by atoms with Crippen LogP contribution in [-0.4, -0.2) is 49.0 Å². The molecule has 0 aromatic heterocycles. The fourth-order valence-electron chi connectivity index (χ4n) is 4.95. The second kappa shape index (κ2) is 6.79. The molecule has 2 N–H and O–H groups in total. The van der Waals surface area contributed by atoms with E-state index in [0.29, 0.717) is 24.1 Å². The van der Waals surface area contributed by atoms with Gasteiger partial charge in [0.1, 0.15) is 0 Å². The lowest BCUT2D eigenvalue weighted by Crippen LogP contribution is -2.57. The number of likely N-dealkylation sites (tertiary alicyclic amines) is 1. The minimum Gasteiger partial charge on any atom is -0.504 e. The van der Waals surface area contributed by atoms with Crippen molar-refractivity contribution in [2.24, 2.45) is 5.92 Å². The number of phenols is 1. The molecule has 0 radical (unpaired) electrons. The molecule has 3 atom stereocenters. The summed E-state index contributed by atoms with van der Waals surface area (Å²) in [7, 11) is 5.25. The van der Waals surface area contributed by atoms with Crippen LogP contribution in [0.5, 0.6) is 11.5 Å². The molecule has 2 aliphatic rings. The molecule has 1 aliphatic heterocycles. The van der Waals surface area contributed by atoms with E-state index < -0.39 is 0 Å². The van der Waals surface area contributed by atoms with Gasteiger partial charge in [0.25, 0.3) is 5.95 Å². The molecule has 0 saturated carbocycles. The lowest BCUT2D eigenvalue weighted by molar-refractivity contribution is 0.0342. The first kappa shape index (κ1) is 17.9. The van der Waals surface area contributed by atoms with Gasteiger partial charge in [0.05, 0.1) is 14.2 Å². The van der Waals surface area contributed by atoms with Crippen LogP contribution in [0.4, 0.5) is 0 Å². The van der Waals surface area contributed by atoms with E-state index in [1.807, 2.05) is 6.07 Å². The van der Waals surface area contributed by atoms with Crippen LogP contribution in [0.3, 0.4) is 0 Å². The smallest absolute Gasteiger partial charge is 0.272 e. The van der Waals surface area contributed by atoms with Crippen LogP contribution in [0.2, 0.25) is 0 Å². The number of aromatic hydroxyl groups is 1. The molecule has 138 valence electrons. The summed E-state index contributed by atoms with van der Waals surface area (Å²) in [5.74, 6) is 1.20. The largest absolute Gasteiger partial charge is 0.504 e. The van der Waals surface area contributed by atoms with Gasteiger partial charge in [-0.25, -0.2) is 0 Å². The van der Waals surface area contributed by atoms with Gasteiger partial charge < -0.3 is 24.6 Å². The van der Waals surface area contributed by atoms with E-state index >= 15 is 0 Å². The number of allylic oxidation sites excluding steroid dienone is 1. The molecule has 1 aromatic carbocycles. The summed E-state index contributed by atoms with van der Waals surface area (Å²) in [6.45, 7) is 3.30. The Bertz CT molecular complexity index is 672. The molecule has 5 heteroatoms. The van der Waals surface area contributed by atoms with Crippen molar-refractivity contribution in [2.75, 3.05) is 27.8 Å². The third kappa shape index (κ3) is 2.84. The van der Waals surface area contributed by atoms with E-state index in [1.165, 1.54) is 12.7 Å². The lowest BCUT2D eigenvalue weighted by Gasteiger charge is -2.55. The number of hydrogen-bond donors (Lipinski definition) is 2.